The minimum atomic E-state index is -2.12. The first-order valence-electron chi connectivity index (χ1n) is 7.68. The molecule has 0 spiro atoms. The number of aromatic nitrogens is 5. The molecule has 0 aliphatic rings. The summed E-state index contributed by atoms with van der Waals surface area (Å²) >= 11 is -2.12. The highest BCUT2D eigenvalue weighted by molar-refractivity contribution is 7.78. The molecular formula is C17H13N6O2S-. The Morgan fingerprint density at radius 2 is 1.92 bits per heavy atom. The molecule has 3 N–H and O–H groups in total. The van der Waals surface area contributed by atoms with Crippen LogP contribution in [0.2, 0.25) is 0 Å². The molecule has 8 nitrogen and oxygen atoms in total. The molecule has 0 amide bonds. The van der Waals surface area contributed by atoms with Crippen molar-refractivity contribution in [3.8, 4) is 22.8 Å². The number of rotatable bonds is 4. The fourth-order valence-corrected chi connectivity index (χ4v) is 3.05. The molecule has 4 aromatic rings. The third-order valence-corrected chi connectivity index (χ3v) is 4.41. The molecule has 0 bridgehead atoms. The van der Waals surface area contributed by atoms with E-state index in [0.29, 0.717) is 22.8 Å². The second-order valence-electron chi connectivity index (χ2n) is 5.61. The second-order valence-corrected chi connectivity index (χ2v) is 6.51. The lowest BCUT2D eigenvalue weighted by Crippen LogP contribution is -2.00. The maximum Gasteiger partial charge on any atom is 0.161 e. The quantitative estimate of drug-likeness (QED) is 0.529. The highest BCUT2D eigenvalue weighted by Crippen LogP contribution is 2.26. The van der Waals surface area contributed by atoms with Crippen LogP contribution in [0.15, 0.2) is 48.9 Å². The molecule has 1 unspecified atom stereocenters. The number of nitrogens with one attached hydrogen (secondary N) is 1. The van der Waals surface area contributed by atoms with E-state index in [1.165, 1.54) is 0 Å². The van der Waals surface area contributed by atoms with Gasteiger partial charge in [-0.15, -0.1) is 0 Å². The monoisotopic (exact) mass is 365 g/mol. The zero-order chi connectivity index (χ0) is 18.1. The standard InChI is InChI=1S/C17H14N6O2S/c18-16-15(17-22-12-5-6-19-7-14(12)23-17)21-13(8-20-16)11-3-1-10(2-4-11)9-26(24)25/h1-8H,9H2,(H2,18,20)(H,22,23)(H,24,25)/p-1. The molecule has 9 heteroatoms. The minimum absolute atomic E-state index is 0.0219. The van der Waals surface area contributed by atoms with Gasteiger partial charge in [0.25, 0.3) is 0 Å². The van der Waals surface area contributed by atoms with Gasteiger partial charge in [-0.25, -0.2) is 15.0 Å². The molecule has 0 saturated carbocycles. The molecule has 0 fully saturated rings. The summed E-state index contributed by atoms with van der Waals surface area (Å²) in [4.78, 5) is 20.5. The summed E-state index contributed by atoms with van der Waals surface area (Å²) in [5, 5.41) is 0. The topological polar surface area (TPSA) is 134 Å². The van der Waals surface area contributed by atoms with Gasteiger partial charge in [-0.3, -0.25) is 9.19 Å². The van der Waals surface area contributed by atoms with E-state index in [0.717, 1.165) is 16.6 Å². The number of anilines is 1. The summed E-state index contributed by atoms with van der Waals surface area (Å²) in [6.07, 6.45) is 4.91. The Morgan fingerprint density at radius 1 is 1.12 bits per heavy atom. The smallest absolute Gasteiger partial charge is 0.161 e. The SMILES string of the molecule is Nc1ncc(-c2ccc(CS(=O)[O-])cc2)nc1-c1nc2ccncc2[nH]1. The van der Waals surface area contributed by atoms with Crippen LogP contribution >= 0.6 is 0 Å². The summed E-state index contributed by atoms with van der Waals surface area (Å²) in [6.45, 7) is 0. The van der Waals surface area contributed by atoms with Crippen LogP contribution in [-0.2, 0) is 16.8 Å². The van der Waals surface area contributed by atoms with Crippen LogP contribution in [0.3, 0.4) is 0 Å². The van der Waals surface area contributed by atoms with E-state index in [9.17, 15) is 8.76 Å². The van der Waals surface area contributed by atoms with E-state index in [1.807, 2.05) is 0 Å². The molecule has 4 rings (SSSR count). The maximum atomic E-state index is 10.8. The number of nitrogens with two attached hydrogens (primary N) is 1. The molecule has 3 aromatic heterocycles. The van der Waals surface area contributed by atoms with Crippen molar-refractivity contribution in [2.45, 2.75) is 5.75 Å². The van der Waals surface area contributed by atoms with E-state index in [4.69, 9.17) is 5.73 Å². The van der Waals surface area contributed by atoms with Crippen molar-refractivity contribution in [2.75, 3.05) is 5.73 Å². The summed E-state index contributed by atoms with van der Waals surface area (Å²) in [6, 6.07) is 8.89. The van der Waals surface area contributed by atoms with E-state index in [-0.39, 0.29) is 11.6 Å². The fourth-order valence-electron chi connectivity index (χ4n) is 2.59. The number of aromatic amines is 1. The second kappa shape index (κ2) is 6.62. The Balaban J connectivity index is 1.73. The van der Waals surface area contributed by atoms with Gasteiger partial charge < -0.3 is 15.3 Å². The van der Waals surface area contributed by atoms with Crippen molar-refractivity contribution >= 4 is 27.9 Å². The zero-order valence-electron chi connectivity index (χ0n) is 13.4. The van der Waals surface area contributed by atoms with Gasteiger partial charge >= 0.3 is 0 Å². The van der Waals surface area contributed by atoms with E-state index >= 15 is 0 Å². The first-order chi connectivity index (χ1) is 12.6. The number of imidazole rings is 1. The number of hydrogen-bond acceptors (Lipinski definition) is 7. The predicted octanol–water partition coefficient (Wildman–Crippen LogP) is 2.04. The predicted molar refractivity (Wildman–Crippen MR) is 97.4 cm³/mol. The van der Waals surface area contributed by atoms with Gasteiger partial charge in [-0.1, -0.05) is 35.3 Å². The van der Waals surface area contributed by atoms with Crippen LogP contribution in [0, 0.1) is 0 Å². The van der Waals surface area contributed by atoms with Gasteiger partial charge in [0.15, 0.2) is 11.6 Å². The molecule has 0 saturated heterocycles. The first-order valence-corrected chi connectivity index (χ1v) is 8.92. The Bertz CT molecular complexity index is 1080. The van der Waals surface area contributed by atoms with Crippen LogP contribution in [0.4, 0.5) is 5.82 Å². The number of benzene rings is 1. The fraction of sp³-hybridized carbons (Fsp3) is 0.0588. The van der Waals surface area contributed by atoms with E-state index in [2.05, 4.69) is 24.9 Å². The number of nitrogen functional groups attached to an aromatic ring is 1. The number of nitrogens with zero attached hydrogens (tertiary/aromatic N) is 4. The maximum absolute atomic E-state index is 10.8. The van der Waals surface area contributed by atoms with Crippen molar-refractivity contribution < 1.29 is 8.76 Å². The van der Waals surface area contributed by atoms with Gasteiger partial charge in [0, 0.05) is 17.5 Å². The van der Waals surface area contributed by atoms with Gasteiger partial charge in [-0.2, -0.15) is 0 Å². The van der Waals surface area contributed by atoms with Crippen LogP contribution in [0.1, 0.15) is 5.56 Å². The van der Waals surface area contributed by atoms with Gasteiger partial charge in [0.1, 0.15) is 5.69 Å². The summed E-state index contributed by atoms with van der Waals surface area (Å²) in [5.41, 5.74) is 10.1. The van der Waals surface area contributed by atoms with E-state index in [1.54, 1.807) is 48.9 Å². The van der Waals surface area contributed by atoms with Gasteiger partial charge in [-0.05, 0) is 11.6 Å². The van der Waals surface area contributed by atoms with Crippen molar-refractivity contribution in [1.29, 1.82) is 0 Å². The molecule has 0 aliphatic carbocycles. The number of pyridine rings is 1. The molecule has 0 radical (unpaired) electrons. The molecule has 130 valence electrons. The lowest BCUT2D eigenvalue weighted by Gasteiger charge is -2.08. The lowest BCUT2D eigenvalue weighted by molar-refractivity contribution is 0.536. The summed E-state index contributed by atoms with van der Waals surface area (Å²) in [5.74, 6) is 0.753. The number of H-pyrrole nitrogens is 1. The van der Waals surface area contributed by atoms with Crippen molar-refractivity contribution in [1.82, 2.24) is 24.9 Å². The molecule has 26 heavy (non-hydrogen) atoms. The third-order valence-electron chi connectivity index (χ3n) is 3.84. The Hall–Kier alpha value is -3.17. The average Bonchev–Trinajstić information content (AvgIpc) is 3.06. The zero-order valence-corrected chi connectivity index (χ0v) is 14.2. The van der Waals surface area contributed by atoms with Crippen molar-refractivity contribution in [3.05, 3.63) is 54.5 Å². The normalized spacial score (nSPS) is 12.3. The van der Waals surface area contributed by atoms with Crippen molar-refractivity contribution in [3.63, 3.8) is 0 Å². The Morgan fingerprint density at radius 3 is 2.65 bits per heavy atom. The Labute approximate surface area is 150 Å². The number of fused-ring (bicyclic) bond motifs is 1. The van der Waals surface area contributed by atoms with Crippen molar-refractivity contribution in [2.24, 2.45) is 0 Å². The number of hydrogen-bond donors (Lipinski definition) is 2. The summed E-state index contributed by atoms with van der Waals surface area (Å²) in [7, 11) is 0. The minimum Gasteiger partial charge on any atom is -0.772 e. The molecular weight excluding hydrogens is 352 g/mol. The largest absolute Gasteiger partial charge is 0.772 e. The van der Waals surface area contributed by atoms with Crippen LogP contribution in [0.5, 0.6) is 0 Å². The molecule has 0 aliphatic heterocycles. The third kappa shape index (κ3) is 3.17. The highest BCUT2D eigenvalue weighted by atomic mass is 32.2. The van der Waals surface area contributed by atoms with E-state index < -0.39 is 11.1 Å². The van der Waals surface area contributed by atoms with Crippen LogP contribution in [0.25, 0.3) is 33.8 Å². The van der Waals surface area contributed by atoms with Gasteiger partial charge in [0.2, 0.25) is 0 Å². The average molecular weight is 365 g/mol. The van der Waals surface area contributed by atoms with Crippen LogP contribution in [-0.4, -0.2) is 33.7 Å². The molecule has 1 atom stereocenters. The Kier molecular flexibility index (Phi) is 4.15. The lowest BCUT2D eigenvalue weighted by atomic mass is 10.1. The molecule has 3 heterocycles. The first kappa shape index (κ1) is 16.3. The summed E-state index contributed by atoms with van der Waals surface area (Å²) < 4.78 is 21.6. The highest BCUT2D eigenvalue weighted by Gasteiger charge is 2.13. The molecule has 1 aromatic carbocycles. The van der Waals surface area contributed by atoms with Crippen LogP contribution < -0.4 is 5.73 Å². The van der Waals surface area contributed by atoms with Gasteiger partial charge in [0.05, 0.1) is 29.1 Å².